The molecule has 121 heavy (non-hydrogen) atoms. The number of nitrogens with zero attached hydrogens (tertiary/aromatic N) is 3. The minimum atomic E-state index is 1.09. The van der Waals surface area contributed by atoms with Crippen molar-refractivity contribution >= 4 is 109 Å². The van der Waals surface area contributed by atoms with Crippen LogP contribution in [0.2, 0.25) is 0 Å². The van der Waals surface area contributed by atoms with Crippen LogP contribution in [-0.2, 0) is 0 Å². The van der Waals surface area contributed by atoms with Crippen molar-refractivity contribution in [1.82, 2.24) is 13.7 Å². The van der Waals surface area contributed by atoms with Gasteiger partial charge in [-0.3, -0.25) is 0 Å². The molecular weight excluding hydrogens is 1460 g/mol. The van der Waals surface area contributed by atoms with Gasteiger partial charge in [0.05, 0.1) is 33.1 Å². The monoisotopic (exact) mass is 1530 g/mol. The van der Waals surface area contributed by atoms with Crippen LogP contribution in [0.5, 0.6) is 0 Å². The average Bonchev–Trinajstić information content (AvgIpc) is 1.59. The lowest BCUT2D eigenvalue weighted by Gasteiger charge is -2.19. The fraction of sp³-hybridized carbons (Fsp3) is 0. The summed E-state index contributed by atoms with van der Waals surface area (Å²) >= 11 is 0. The zero-order valence-corrected chi connectivity index (χ0v) is 66.1. The van der Waals surface area contributed by atoms with Crippen molar-refractivity contribution in [3.8, 4) is 128 Å². The molecule has 21 aromatic carbocycles. The maximum absolute atomic E-state index is 2.52. The maximum Gasteiger partial charge on any atom is 0.0620 e. The van der Waals surface area contributed by atoms with Gasteiger partial charge in [-0.15, -0.1) is 0 Å². The lowest BCUT2D eigenvalue weighted by atomic mass is 9.87. The fourth-order valence-corrected chi connectivity index (χ4v) is 19.7. The number of fused-ring (bicyclic) bond motifs is 15. The summed E-state index contributed by atoms with van der Waals surface area (Å²) in [7, 11) is 0. The summed E-state index contributed by atoms with van der Waals surface area (Å²) in [5.74, 6) is 0. The second kappa shape index (κ2) is 28.5. The molecule has 0 unspecified atom stereocenters. The Labute approximate surface area is 700 Å². The van der Waals surface area contributed by atoms with Gasteiger partial charge in [0.25, 0.3) is 0 Å². The fourth-order valence-electron chi connectivity index (χ4n) is 19.7. The van der Waals surface area contributed by atoms with Crippen LogP contribution in [0.1, 0.15) is 0 Å². The maximum atomic E-state index is 2.52. The summed E-state index contributed by atoms with van der Waals surface area (Å²) in [6.45, 7) is 0. The van der Waals surface area contributed by atoms with Crippen LogP contribution in [0.3, 0.4) is 0 Å². The number of rotatable bonds is 13. The van der Waals surface area contributed by atoms with Crippen LogP contribution in [0, 0.1) is 0 Å². The molecule has 3 heteroatoms. The van der Waals surface area contributed by atoms with Gasteiger partial charge in [-0.25, -0.2) is 0 Å². The Morgan fingerprint density at radius 2 is 0.438 bits per heavy atom. The molecule has 562 valence electrons. The molecule has 0 saturated heterocycles. The zero-order valence-electron chi connectivity index (χ0n) is 66.1. The predicted octanol–water partition coefficient (Wildman–Crippen LogP) is 32.3. The first-order chi connectivity index (χ1) is 60.0. The second-order valence-electron chi connectivity index (χ2n) is 32.2. The van der Waals surface area contributed by atoms with E-state index in [0.29, 0.717) is 0 Å². The molecule has 0 bridgehead atoms. The summed E-state index contributed by atoms with van der Waals surface area (Å²) in [4.78, 5) is 0. The quantitative estimate of drug-likeness (QED) is 0.102. The molecule has 0 aliphatic carbocycles. The Morgan fingerprint density at radius 3 is 1.01 bits per heavy atom. The van der Waals surface area contributed by atoms with E-state index in [0.717, 1.165) is 100 Å². The van der Waals surface area contributed by atoms with Crippen molar-refractivity contribution in [2.24, 2.45) is 0 Å². The lowest BCUT2D eigenvalue weighted by Crippen LogP contribution is -1.98. The average molecular weight is 1530 g/mol. The Bertz CT molecular complexity index is 8270. The number of aromatic nitrogens is 3. The molecule has 24 aromatic rings. The highest BCUT2D eigenvalue weighted by Gasteiger charge is 2.26. The molecular formula is C118H75N3. The lowest BCUT2D eigenvalue weighted by molar-refractivity contribution is 1.18. The van der Waals surface area contributed by atoms with Crippen molar-refractivity contribution in [3.63, 3.8) is 0 Å². The minimum Gasteiger partial charge on any atom is -0.309 e. The van der Waals surface area contributed by atoms with Gasteiger partial charge in [0, 0.05) is 66.1 Å². The van der Waals surface area contributed by atoms with Crippen molar-refractivity contribution in [3.05, 3.63) is 455 Å². The molecule has 3 aromatic heterocycles. The van der Waals surface area contributed by atoms with Crippen LogP contribution < -0.4 is 0 Å². The molecule has 0 saturated carbocycles. The first kappa shape index (κ1) is 69.4. The van der Waals surface area contributed by atoms with E-state index in [1.807, 2.05) is 0 Å². The third-order valence-electron chi connectivity index (χ3n) is 25.4. The van der Waals surface area contributed by atoms with E-state index in [1.54, 1.807) is 0 Å². The van der Waals surface area contributed by atoms with Gasteiger partial charge in [-0.2, -0.15) is 0 Å². The van der Waals surface area contributed by atoms with E-state index >= 15 is 0 Å². The molecule has 0 N–H and O–H groups in total. The van der Waals surface area contributed by atoms with Gasteiger partial charge in [0.1, 0.15) is 0 Å². The third-order valence-corrected chi connectivity index (χ3v) is 25.4. The molecule has 0 aliphatic rings. The largest absolute Gasteiger partial charge is 0.309 e. The van der Waals surface area contributed by atoms with Crippen LogP contribution in [-0.4, -0.2) is 13.7 Å². The van der Waals surface area contributed by atoms with Gasteiger partial charge < -0.3 is 13.7 Å². The van der Waals surface area contributed by atoms with Gasteiger partial charge in [-0.1, -0.05) is 346 Å². The highest BCUT2D eigenvalue weighted by atomic mass is 15.0. The summed E-state index contributed by atoms with van der Waals surface area (Å²) in [5.41, 5.74) is 33.6. The topological polar surface area (TPSA) is 14.8 Å². The normalized spacial score (nSPS) is 11.8. The standard InChI is InChI=1S/C118H75N3/c1-5-26-79(27-6-1)98-40-17-18-41-102(98)109-74-92(75-112-105-44-21-24-47-115(105)121(118(109)112)95-37-25-34-84(68-95)76-48-50-78(51-49-76)90-70-107(81-30-9-3-10-31-81)116-110(72-90)103-42-19-22-45-113(103)119(116)93-35-11-4-12-36-93)101-64-59-86(69-106(101)80-28-7-2-8-29-80)77-56-61-94(62-57-77)120-114-46-23-20-43-104(114)111-73-91(85-58-63-99-87(66-85)54-52-82-32-13-15-38-96(82)99)71-108(117(111)120)89-60-65-100-88(67-89)55-53-83-33-14-16-39-97(83)100/h1-75H. The van der Waals surface area contributed by atoms with Gasteiger partial charge in [0.15, 0.2) is 0 Å². The Morgan fingerprint density at radius 1 is 0.116 bits per heavy atom. The summed E-state index contributed by atoms with van der Waals surface area (Å²) in [6, 6.07) is 169. The van der Waals surface area contributed by atoms with Crippen LogP contribution >= 0.6 is 0 Å². The minimum absolute atomic E-state index is 1.09. The number of hydrogen-bond donors (Lipinski definition) is 0. The van der Waals surface area contributed by atoms with E-state index in [4.69, 9.17) is 0 Å². The van der Waals surface area contributed by atoms with Crippen molar-refractivity contribution in [1.29, 1.82) is 0 Å². The summed E-state index contributed by atoms with van der Waals surface area (Å²) in [6.07, 6.45) is 0. The van der Waals surface area contributed by atoms with Gasteiger partial charge >= 0.3 is 0 Å². The van der Waals surface area contributed by atoms with E-state index in [1.165, 1.54) is 136 Å². The van der Waals surface area contributed by atoms with E-state index in [-0.39, 0.29) is 0 Å². The first-order valence-electron chi connectivity index (χ1n) is 41.8. The highest BCUT2D eigenvalue weighted by Crippen LogP contribution is 2.50. The SMILES string of the molecule is c1ccc(-c2cc(-c3ccc(-n4c5ccccc5c5cc(-c6ccc7c(ccc8ccccc87)c6)cc(-c6ccc7c(ccc8ccccc87)c6)c54)cc3)ccc2-c2cc(-c3ccccc3-c3ccccc3)c3c(c2)c2ccccc2n3-c2cccc(-c3ccc(-c4cc(-c5ccccc5)c5c(c4)c4ccccc4n5-c4ccccc4)cc3)c2)cc1. The summed E-state index contributed by atoms with van der Waals surface area (Å²) < 4.78 is 7.47. The van der Waals surface area contributed by atoms with E-state index in [9.17, 15) is 0 Å². The second-order valence-corrected chi connectivity index (χ2v) is 32.2. The predicted molar refractivity (Wildman–Crippen MR) is 514 cm³/mol. The molecule has 0 atom stereocenters. The Balaban J connectivity index is 0.635. The number of para-hydroxylation sites is 4. The smallest absolute Gasteiger partial charge is 0.0620 e. The van der Waals surface area contributed by atoms with Crippen molar-refractivity contribution < 1.29 is 0 Å². The van der Waals surface area contributed by atoms with Crippen molar-refractivity contribution in [2.75, 3.05) is 0 Å². The Kier molecular flexibility index (Phi) is 16.3. The molecule has 0 aliphatic heterocycles. The molecule has 0 spiro atoms. The van der Waals surface area contributed by atoms with E-state index in [2.05, 4.69) is 469 Å². The first-order valence-corrected chi connectivity index (χ1v) is 41.8. The molecule has 0 radical (unpaired) electrons. The van der Waals surface area contributed by atoms with Crippen LogP contribution in [0.4, 0.5) is 0 Å². The molecule has 0 fully saturated rings. The highest BCUT2D eigenvalue weighted by molar-refractivity contribution is 6.20. The third kappa shape index (κ3) is 11.6. The molecule has 3 nitrogen and oxygen atoms in total. The van der Waals surface area contributed by atoms with E-state index < -0.39 is 0 Å². The zero-order chi connectivity index (χ0) is 79.6. The molecule has 3 heterocycles. The van der Waals surface area contributed by atoms with Crippen molar-refractivity contribution in [2.45, 2.75) is 0 Å². The molecule has 0 amide bonds. The number of hydrogen-bond acceptors (Lipinski definition) is 0. The number of benzene rings is 21. The summed E-state index contributed by atoms with van der Waals surface area (Å²) in [5, 5.41) is 17.2. The van der Waals surface area contributed by atoms with Gasteiger partial charge in [-0.05, 0) is 247 Å². The Hall–Kier alpha value is -15.9. The molecule has 24 rings (SSSR count). The van der Waals surface area contributed by atoms with Crippen LogP contribution in [0.25, 0.3) is 237 Å². The van der Waals surface area contributed by atoms with Crippen LogP contribution in [0.15, 0.2) is 455 Å². The van der Waals surface area contributed by atoms with Gasteiger partial charge in [0.2, 0.25) is 0 Å².